The molecule has 1 fully saturated rings. The maximum Gasteiger partial charge on any atom is 0.222 e. The number of carbonyl (C=O) groups excluding carboxylic acids is 2. The van der Waals surface area contributed by atoms with Gasteiger partial charge in [-0.05, 0) is 38.3 Å². The van der Waals surface area contributed by atoms with E-state index in [1.165, 1.54) is 0 Å². The highest BCUT2D eigenvalue weighted by atomic mass is 16.2. The summed E-state index contributed by atoms with van der Waals surface area (Å²) >= 11 is 0. The summed E-state index contributed by atoms with van der Waals surface area (Å²) in [6.45, 7) is 4.86. The molecule has 0 bridgehead atoms. The molecular formula is C16H21NO2. The highest BCUT2D eigenvalue weighted by Crippen LogP contribution is 2.15. The van der Waals surface area contributed by atoms with Gasteiger partial charge in [0, 0.05) is 18.5 Å². The Morgan fingerprint density at radius 2 is 2.00 bits per heavy atom. The molecule has 19 heavy (non-hydrogen) atoms. The lowest BCUT2D eigenvalue weighted by atomic mass is 10.0. The lowest BCUT2D eigenvalue weighted by molar-refractivity contribution is -0.130. The molecule has 1 heterocycles. The second-order valence-electron chi connectivity index (χ2n) is 5.37. The number of benzene rings is 1. The monoisotopic (exact) mass is 259 g/mol. The Morgan fingerprint density at radius 1 is 1.21 bits per heavy atom. The molecule has 1 aromatic rings. The van der Waals surface area contributed by atoms with Crippen molar-refractivity contribution in [2.75, 3.05) is 13.1 Å². The van der Waals surface area contributed by atoms with Crippen LogP contribution in [0.4, 0.5) is 0 Å². The molecule has 0 N–H and O–H groups in total. The third kappa shape index (κ3) is 3.43. The summed E-state index contributed by atoms with van der Waals surface area (Å²) in [6, 6.07) is 5.88. The van der Waals surface area contributed by atoms with Crippen molar-refractivity contribution < 1.29 is 9.59 Å². The zero-order chi connectivity index (χ0) is 13.8. The first-order chi connectivity index (χ1) is 9.08. The summed E-state index contributed by atoms with van der Waals surface area (Å²) in [5.41, 5.74) is 2.81. The zero-order valence-corrected chi connectivity index (χ0v) is 11.7. The van der Waals surface area contributed by atoms with Gasteiger partial charge >= 0.3 is 0 Å². The predicted molar refractivity (Wildman–Crippen MR) is 75.3 cm³/mol. The smallest absolute Gasteiger partial charge is 0.222 e. The maximum atomic E-state index is 12.3. The number of hydrogen-bond donors (Lipinski definition) is 0. The third-order valence-corrected chi connectivity index (χ3v) is 3.70. The Morgan fingerprint density at radius 3 is 2.79 bits per heavy atom. The van der Waals surface area contributed by atoms with Crippen molar-refractivity contribution in [2.24, 2.45) is 0 Å². The Labute approximate surface area is 114 Å². The molecule has 0 radical (unpaired) electrons. The molecule has 1 aliphatic rings. The van der Waals surface area contributed by atoms with Crippen LogP contribution in [-0.4, -0.2) is 29.7 Å². The van der Waals surface area contributed by atoms with E-state index in [0.29, 0.717) is 6.42 Å². The molecular weight excluding hydrogens is 238 g/mol. The van der Waals surface area contributed by atoms with Crippen molar-refractivity contribution >= 4 is 11.7 Å². The third-order valence-electron chi connectivity index (χ3n) is 3.70. The fourth-order valence-electron chi connectivity index (χ4n) is 2.50. The van der Waals surface area contributed by atoms with Crippen LogP contribution in [0.2, 0.25) is 0 Å². The molecule has 3 nitrogen and oxygen atoms in total. The van der Waals surface area contributed by atoms with E-state index in [0.717, 1.165) is 42.5 Å². The number of carbonyl (C=O) groups is 2. The molecule has 1 aliphatic heterocycles. The van der Waals surface area contributed by atoms with Gasteiger partial charge in [0.2, 0.25) is 5.91 Å². The van der Waals surface area contributed by atoms with E-state index in [4.69, 9.17) is 0 Å². The maximum absolute atomic E-state index is 12.3. The van der Waals surface area contributed by atoms with E-state index >= 15 is 0 Å². The van der Waals surface area contributed by atoms with Gasteiger partial charge in [-0.3, -0.25) is 9.59 Å². The van der Waals surface area contributed by atoms with Crippen molar-refractivity contribution in [3.8, 4) is 0 Å². The van der Waals surface area contributed by atoms with Gasteiger partial charge in [0.1, 0.15) is 0 Å². The topological polar surface area (TPSA) is 37.4 Å². The van der Waals surface area contributed by atoms with Crippen LogP contribution in [0.1, 0.15) is 47.2 Å². The van der Waals surface area contributed by atoms with Crippen LogP contribution >= 0.6 is 0 Å². The lowest BCUT2D eigenvalue weighted by Crippen LogP contribution is -2.35. The Balaban J connectivity index is 2.11. The van der Waals surface area contributed by atoms with Gasteiger partial charge < -0.3 is 4.90 Å². The SMILES string of the molecule is Cc1ccc(C)c(C(=O)CN2CCCCCC2=O)c1. The molecule has 1 saturated heterocycles. The average molecular weight is 259 g/mol. The molecule has 102 valence electrons. The Bertz CT molecular complexity index is 494. The number of nitrogens with zero attached hydrogens (tertiary/aromatic N) is 1. The van der Waals surface area contributed by atoms with E-state index in [-0.39, 0.29) is 18.2 Å². The van der Waals surface area contributed by atoms with Crippen LogP contribution in [0.3, 0.4) is 0 Å². The van der Waals surface area contributed by atoms with Crippen LogP contribution in [0.15, 0.2) is 18.2 Å². The first kappa shape index (κ1) is 13.8. The van der Waals surface area contributed by atoms with Crippen molar-refractivity contribution in [1.29, 1.82) is 0 Å². The molecule has 1 aromatic carbocycles. The number of Topliss-reactive ketones (excluding diaryl/α,β-unsaturated/α-hetero) is 1. The molecule has 0 spiro atoms. The average Bonchev–Trinajstić information content (AvgIpc) is 2.58. The summed E-state index contributed by atoms with van der Waals surface area (Å²) in [4.78, 5) is 26.0. The van der Waals surface area contributed by atoms with Gasteiger partial charge in [0.05, 0.1) is 6.54 Å². The Kier molecular flexibility index (Phi) is 4.35. The molecule has 3 heteroatoms. The van der Waals surface area contributed by atoms with Crippen LogP contribution in [-0.2, 0) is 4.79 Å². The second-order valence-corrected chi connectivity index (χ2v) is 5.37. The standard InChI is InChI=1S/C16H21NO2/c1-12-7-8-13(2)14(10-12)15(18)11-17-9-5-3-4-6-16(17)19/h7-8,10H,3-6,9,11H2,1-2H3. The largest absolute Gasteiger partial charge is 0.335 e. The number of aryl methyl sites for hydroxylation is 2. The first-order valence-corrected chi connectivity index (χ1v) is 6.96. The normalized spacial score (nSPS) is 16.3. The minimum absolute atomic E-state index is 0.0523. The van der Waals surface area contributed by atoms with E-state index in [2.05, 4.69) is 0 Å². The van der Waals surface area contributed by atoms with Crippen molar-refractivity contribution in [3.63, 3.8) is 0 Å². The van der Waals surface area contributed by atoms with Gasteiger partial charge in [-0.2, -0.15) is 0 Å². The summed E-state index contributed by atoms with van der Waals surface area (Å²) in [5, 5.41) is 0. The van der Waals surface area contributed by atoms with E-state index in [1.54, 1.807) is 4.90 Å². The second kappa shape index (κ2) is 6.00. The Hall–Kier alpha value is -1.64. The number of rotatable bonds is 3. The fraction of sp³-hybridized carbons (Fsp3) is 0.500. The lowest BCUT2D eigenvalue weighted by Gasteiger charge is -2.20. The zero-order valence-electron chi connectivity index (χ0n) is 11.7. The molecule has 0 saturated carbocycles. The minimum Gasteiger partial charge on any atom is -0.335 e. The van der Waals surface area contributed by atoms with Crippen LogP contribution in [0.25, 0.3) is 0 Å². The van der Waals surface area contributed by atoms with Crippen molar-refractivity contribution in [2.45, 2.75) is 39.5 Å². The number of ketones is 1. The van der Waals surface area contributed by atoms with Gasteiger partial charge in [0.15, 0.2) is 5.78 Å². The van der Waals surface area contributed by atoms with Gasteiger partial charge in [0.25, 0.3) is 0 Å². The first-order valence-electron chi connectivity index (χ1n) is 6.96. The van der Waals surface area contributed by atoms with Gasteiger partial charge in [-0.1, -0.05) is 24.1 Å². The molecule has 0 aliphatic carbocycles. The summed E-state index contributed by atoms with van der Waals surface area (Å²) in [7, 11) is 0. The van der Waals surface area contributed by atoms with Gasteiger partial charge in [-0.15, -0.1) is 0 Å². The number of amides is 1. The quantitative estimate of drug-likeness (QED) is 0.783. The minimum atomic E-state index is 0.0523. The van der Waals surface area contributed by atoms with Crippen molar-refractivity contribution in [3.05, 3.63) is 34.9 Å². The van der Waals surface area contributed by atoms with E-state index < -0.39 is 0 Å². The van der Waals surface area contributed by atoms with E-state index in [1.807, 2.05) is 32.0 Å². The summed E-state index contributed by atoms with van der Waals surface area (Å²) in [5.74, 6) is 0.174. The number of hydrogen-bond acceptors (Lipinski definition) is 2. The number of likely N-dealkylation sites (tertiary alicyclic amines) is 1. The fourth-order valence-corrected chi connectivity index (χ4v) is 2.50. The van der Waals surface area contributed by atoms with Crippen molar-refractivity contribution in [1.82, 2.24) is 4.90 Å². The molecule has 2 rings (SSSR count). The summed E-state index contributed by atoms with van der Waals surface area (Å²) < 4.78 is 0. The molecule has 0 atom stereocenters. The highest BCUT2D eigenvalue weighted by Gasteiger charge is 2.20. The molecule has 0 unspecified atom stereocenters. The predicted octanol–water partition coefficient (Wildman–Crippen LogP) is 2.89. The summed E-state index contributed by atoms with van der Waals surface area (Å²) in [6.07, 6.45) is 3.62. The van der Waals surface area contributed by atoms with E-state index in [9.17, 15) is 9.59 Å². The molecule has 1 amide bonds. The highest BCUT2D eigenvalue weighted by molar-refractivity contribution is 6.00. The van der Waals surface area contributed by atoms with Crippen LogP contribution < -0.4 is 0 Å². The molecule has 0 aromatic heterocycles. The van der Waals surface area contributed by atoms with Crippen LogP contribution in [0, 0.1) is 13.8 Å². The van der Waals surface area contributed by atoms with Gasteiger partial charge in [-0.25, -0.2) is 0 Å². The van der Waals surface area contributed by atoms with Crippen LogP contribution in [0.5, 0.6) is 0 Å².